The van der Waals surface area contributed by atoms with Crippen LogP contribution in [0.2, 0.25) is 5.15 Å². The number of hydrazine groups is 1. The van der Waals surface area contributed by atoms with Crippen LogP contribution in [0.4, 0.5) is 5.13 Å². The molecule has 0 unspecified atom stereocenters. The number of nitrogens with one attached hydrogen (secondary N) is 1. The summed E-state index contributed by atoms with van der Waals surface area (Å²) in [7, 11) is 0. The molecule has 5 heteroatoms. The molecule has 1 aromatic heterocycles. The van der Waals surface area contributed by atoms with Gasteiger partial charge in [0.1, 0.15) is 5.15 Å². The fourth-order valence-electron chi connectivity index (χ4n) is 1.22. The number of thiazole rings is 1. The monoisotopic (exact) mass is 203 g/mol. The molecule has 2 heterocycles. The van der Waals surface area contributed by atoms with Crippen LogP contribution in [0.25, 0.3) is 0 Å². The number of rotatable bonds is 1. The number of aromatic nitrogens is 1. The van der Waals surface area contributed by atoms with Crippen molar-refractivity contribution in [3.05, 3.63) is 10.5 Å². The molecule has 0 amide bonds. The van der Waals surface area contributed by atoms with E-state index >= 15 is 0 Å². The maximum absolute atomic E-state index is 5.72. The highest BCUT2D eigenvalue weighted by atomic mass is 35.5. The Kier molecular flexibility index (Phi) is 2.48. The quantitative estimate of drug-likeness (QED) is 0.756. The van der Waals surface area contributed by atoms with E-state index in [4.69, 9.17) is 11.6 Å². The molecule has 3 nitrogen and oxygen atoms in total. The summed E-state index contributed by atoms with van der Waals surface area (Å²) >= 11 is 7.30. The van der Waals surface area contributed by atoms with Gasteiger partial charge >= 0.3 is 0 Å². The molecule has 0 spiro atoms. The van der Waals surface area contributed by atoms with Crippen LogP contribution >= 0.6 is 22.9 Å². The second kappa shape index (κ2) is 3.60. The molecular weight excluding hydrogens is 194 g/mol. The smallest absolute Gasteiger partial charge is 0.201 e. The number of halogens is 1. The van der Waals surface area contributed by atoms with Gasteiger partial charge in [0.2, 0.25) is 5.13 Å². The third-order valence-corrected chi connectivity index (χ3v) is 2.99. The van der Waals surface area contributed by atoms with E-state index in [0.717, 1.165) is 18.2 Å². The topological polar surface area (TPSA) is 28.2 Å². The molecule has 1 fully saturated rings. The van der Waals surface area contributed by atoms with Gasteiger partial charge in [-0.25, -0.2) is 10.4 Å². The van der Waals surface area contributed by atoms with Gasteiger partial charge in [0.05, 0.1) is 0 Å². The van der Waals surface area contributed by atoms with Crippen LogP contribution in [0.3, 0.4) is 0 Å². The number of anilines is 1. The van der Waals surface area contributed by atoms with Gasteiger partial charge in [-0.1, -0.05) is 11.6 Å². The SMILES string of the molecule is Clc1csc(N2CCCCN2)n1. The summed E-state index contributed by atoms with van der Waals surface area (Å²) < 4.78 is 0. The highest BCUT2D eigenvalue weighted by molar-refractivity contribution is 7.14. The summed E-state index contributed by atoms with van der Waals surface area (Å²) in [5, 5.41) is 5.48. The van der Waals surface area contributed by atoms with Crippen molar-refractivity contribution >= 4 is 28.1 Å². The normalized spacial score (nSPS) is 18.2. The maximum Gasteiger partial charge on any atom is 0.201 e. The second-order valence-electron chi connectivity index (χ2n) is 2.72. The van der Waals surface area contributed by atoms with Crippen molar-refractivity contribution in [2.45, 2.75) is 12.8 Å². The van der Waals surface area contributed by atoms with Crippen molar-refractivity contribution in [1.29, 1.82) is 0 Å². The van der Waals surface area contributed by atoms with Crippen LogP contribution in [-0.4, -0.2) is 18.1 Å². The van der Waals surface area contributed by atoms with Crippen LogP contribution < -0.4 is 10.4 Å². The first kappa shape index (κ1) is 8.29. The highest BCUT2D eigenvalue weighted by Crippen LogP contribution is 2.23. The fraction of sp³-hybridized carbons (Fsp3) is 0.571. The molecule has 0 aromatic carbocycles. The molecule has 1 aliphatic rings. The Hall–Kier alpha value is -0.320. The summed E-state index contributed by atoms with van der Waals surface area (Å²) in [6.07, 6.45) is 2.47. The first-order chi connectivity index (χ1) is 5.86. The summed E-state index contributed by atoms with van der Waals surface area (Å²) in [6.45, 7) is 2.07. The molecule has 12 heavy (non-hydrogen) atoms. The van der Waals surface area contributed by atoms with E-state index in [0.29, 0.717) is 5.15 Å². The van der Waals surface area contributed by atoms with Crippen LogP contribution in [0.5, 0.6) is 0 Å². The first-order valence-corrected chi connectivity index (χ1v) is 5.24. The Morgan fingerprint density at radius 2 is 2.50 bits per heavy atom. The van der Waals surface area contributed by atoms with Gasteiger partial charge in [0.15, 0.2) is 0 Å². The Morgan fingerprint density at radius 3 is 3.08 bits per heavy atom. The van der Waals surface area contributed by atoms with Crippen LogP contribution in [0.15, 0.2) is 5.38 Å². The van der Waals surface area contributed by atoms with E-state index in [1.165, 1.54) is 12.8 Å². The second-order valence-corrected chi connectivity index (χ2v) is 3.94. The van der Waals surface area contributed by atoms with Crippen LogP contribution in [0.1, 0.15) is 12.8 Å². The Labute approximate surface area is 80.3 Å². The number of hydrogen-bond donors (Lipinski definition) is 1. The van der Waals surface area contributed by atoms with Crippen LogP contribution in [0, 0.1) is 0 Å². The van der Waals surface area contributed by atoms with Crippen molar-refractivity contribution < 1.29 is 0 Å². The lowest BCUT2D eigenvalue weighted by atomic mass is 10.3. The van der Waals surface area contributed by atoms with Gasteiger partial charge in [-0.2, -0.15) is 0 Å². The average molecular weight is 204 g/mol. The van der Waals surface area contributed by atoms with E-state index < -0.39 is 0 Å². The fourth-order valence-corrected chi connectivity index (χ4v) is 2.17. The van der Waals surface area contributed by atoms with E-state index in [2.05, 4.69) is 15.4 Å². The summed E-state index contributed by atoms with van der Waals surface area (Å²) in [4.78, 5) is 4.18. The van der Waals surface area contributed by atoms with Crippen LogP contribution in [-0.2, 0) is 0 Å². The van der Waals surface area contributed by atoms with E-state index in [9.17, 15) is 0 Å². The Morgan fingerprint density at radius 1 is 1.58 bits per heavy atom. The predicted molar refractivity (Wildman–Crippen MR) is 51.7 cm³/mol. The molecule has 0 aliphatic carbocycles. The Bertz CT molecular complexity index is 257. The minimum Gasteiger partial charge on any atom is -0.283 e. The summed E-state index contributed by atoms with van der Waals surface area (Å²) in [6, 6.07) is 0. The molecule has 0 atom stereocenters. The molecule has 66 valence electrons. The lowest BCUT2D eigenvalue weighted by Crippen LogP contribution is -2.43. The molecule has 0 saturated carbocycles. The highest BCUT2D eigenvalue weighted by Gasteiger charge is 2.12. The zero-order valence-electron chi connectivity index (χ0n) is 6.59. The van der Waals surface area contributed by atoms with Crippen molar-refractivity contribution in [1.82, 2.24) is 10.4 Å². The van der Waals surface area contributed by atoms with E-state index in [1.54, 1.807) is 11.3 Å². The average Bonchev–Trinajstić information content (AvgIpc) is 2.54. The number of nitrogens with zero attached hydrogens (tertiary/aromatic N) is 2. The van der Waals surface area contributed by atoms with Crippen molar-refractivity contribution in [3.8, 4) is 0 Å². The number of hydrogen-bond acceptors (Lipinski definition) is 4. The molecule has 1 aliphatic heterocycles. The minimum atomic E-state index is 0.586. The van der Waals surface area contributed by atoms with Gasteiger partial charge in [-0.3, -0.25) is 5.01 Å². The molecular formula is C7H10ClN3S. The van der Waals surface area contributed by atoms with Gasteiger partial charge in [-0.15, -0.1) is 11.3 Å². The molecule has 1 aromatic rings. The van der Waals surface area contributed by atoms with Gasteiger partial charge in [0.25, 0.3) is 0 Å². The molecule has 1 saturated heterocycles. The largest absolute Gasteiger partial charge is 0.283 e. The minimum absolute atomic E-state index is 0.586. The zero-order valence-corrected chi connectivity index (χ0v) is 8.16. The van der Waals surface area contributed by atoms with Gasteiger partial charge in [0, 0.05) is 18.5 Å². The Balaban J connectivity index is 2.08. The molecule has 0 radical (unpaired) electrons. The van der Waals surface area contributed by atoms with E-state index in [-0.39, 0.29) is 0 Å². The lowest BCUT2D eigenvalue weighted by molar-refractivity contribution is 0.511. The molecule has 0 bridgehead atoms. The summed E-state index contributed by atoms with van der Waals surface area (Å²) in [5.41, 5.74) is 3.27. The standard InChI is InChI=1S/C7H10ClN3S/c8-6-5-12-7(10-6)11-4-2-1-3-9-11/h5,9H,1-4H2. The van der Waals surface area contributed by atoms with Gasteiger partial charge in [-0.05, 0) is 12.8 Å². The predicted octanol–water partition coefficient (Wildman–Crippen LogP) is 1.90. The van der Waals surface area contributed by atoms with Crippen molar-refractivity contribution in [2.75, 3.05) is 18.1 Å². The zero-order chi connectivity index (χ0) is 8.39. The third-order valence-electron chi connectivity index (χ3n) is 1.81. The summed E-state index contributed by atoms with van der Waals surface area (Å²) in [5.74, 6) is 0. The lowest BCUT2D eigenvalue weighted by Gasteiger charge is -2.26. The first-order valence-electron chi connectivity index (χ1n) is 3.98. The van der Waals surface area contributed by atoms with Crippen molar-refractivity contribution in [3.63, 3.8) is 0 Å². The molecule has 2 rings (SSSR count). The molecule has 1 N–H and O–H groups in total. The maximum atomic E-state index is 5.72. The third kappa shape index (κ3) is 1.71. The van der Waals surface area contributed by atoms with E-state index in [1.807, 2.05) is 5.38 Å². The van der Waals surface area contributed by atoms with Gasteiger partial charge < -0.3 is 0 Å². The van der Waals surface area contributed by atoms with Crippen molar-refractivity contribution in [2.24, 2.45) is 0 Å².